The monoisotopic (exact) mass is 409 g/mol. The van der Waals surface area contributed by atoms with E-state index in [1.54, 1.807) is 36.4 Å². The van der Waals surface area contributed by atoms with Gasteiger partial charge >= 0.3 is 5.97 Å². The fourth-order valence-corrected chi connectivity index (χ4v) is 2.18. The predicted molar refractivity (Wildman–Crippen MR) is 113 cm³/mol. The smallest absolute Gasteiger partial charge is 0.311 e. The maximum absolute atomic E-state index is 11.8. The van der Waals surface area contributed by atoms with E-state index < -0.39 is 5.41 Å². The number of hydrogen-bond donors (Lipinski definition) is 0. The number of ether oxygens (including phenoxy) is 3. The molecular formula is C23H27N3O4. The average Bonchev–Trinajstić information content (AvgIpc) is 2.78. The summed E-state index contributed by atoms with van der Waals surface area (Å²) in [5, 5.41) is 17.1. The van der Waals surface area contributed by atoms with Crippen LogP contribution in [0, 0.1) is 16.7 Å². The number of esters is 1. The highest BCUT2D eigenvalue weighted by molar-refractivity contribution is 5.75. The Morgan fingerprint density at radius 3 is 2.07 bits per heavy atom. The zero-order valence-electron chi connectivity index (χ0n) is 17.6. The molecule has 0 atom stereocenters. The molecule has 2 aromatic carbocycles. The molecule has 0 amide bonds. The summed E-state index contributed by atoms with van der Waals surface area (Å²) in [7, 11) is 0. The molecular weight excluding hydrogens is 382 g/mol. The van der Waals surface area contributed by atoms with Crippen molar-refractivity contribution >= 4 is 17.3 Å². The van der Waals surface area contributed by atoms with Crippen LogP contribution in [-0.2, 0) is 14.3 Å². The number of carbonyl (C=O) groups is 1. The lowest BCUT2D eigenvalue weighted by Crippen LogP contribution is -2.27. The molecule has 0 fully saturated rings. The molecule has 30 heavy (non-hydrogen) atoms. The molecule has 0 heterocycles. The zero-order chi connectivity index (χ0) is 21.8. The van der Waals surface area contributed by atoms with Crippen LogP contribution in [0.3, 0.4) is 0 Å². The van der Waals surface area contributed by atoms with Crippen molar-refractivity contribution in [1.29, 1.82) is 5.26 Å². The third-order valence-electron chi connectivity index (χ3n) is 4.51. The average molecular weight is 409 g/mol. The Kier molecular flexibility index (Phi) is 8.98. The molecule has 0 aliphatic carbocycles. The highest BCUT2D eigenvalue weighted by Crippen LogP contribution is 2.22. The van der Waals surface area contributed by atoms with Crippen LogP contribution in [-0.4, -0.2) is 32.4 Å². The van der Waals surface area contributed by atoms with Gasteiger partial charge in [-0.2, -0.15) is 15.5 Å². The molecule has 2 aromatic rings. The fraction of sp³-hybridized carbons (Fsp3) is 0.391. The molecule has 0 aliphatic heterocycles. The van der Waals surface area contributed by atoms with Crippen LogP contribution >= 0.6 is 0 Å². The van der Waals surface area contributed by atoms with Crippen LogP contribution in [0.5, 0.6) is 5.75 Å². The topological polar surface area (TPSA) is 93.3 Å². The highest BCUT2D eigenvalue weighted by Gasteiger charge is 2.26. The van der Waals surface area contributed by atoms with Crippen molar-refractivity contribution in [1.82, 2.24) is 0 Å². The summed E-state index contributed by atoms with van der Waals surface area (Å²) in [5.41, 5.74) is 1.49. The minimum Gasteiger partial charge on any atom is -0.491 e. The molecule has 0 aromatic heterocycles. The highest BCUT2D eigenvalue weighted by atomic mass is 16.6. The zero-order valence-corrected chi connectivity index (χ0v) is 17.6. The summed E-state index contributed by atoms with van der Waals surface area (Å²) >= 11 is 0. The number of nitrogens with zero attached hydrogens (tertiary/aromatic N) is 3. The maximum Gasteiger partial charge on any atom is 0.311 e. The van der Waals surface area contributed by atoms with E-state index in [1.807, 2.05) is 32.9 Å². The van der Waals surface area contributed by atoms with Crippen molar-refractivity contribution in [2.45, 2.75) is 27.2 Å². The van der Waals surface area contributed by atoms with Crippen molar-refractivity contribution in [3.05, 3.63) is 54.1 Å². The van der Waals surface area contributed by atoms with Gasteiger partial charge in [0.2, 0.25) is 0 Å². The summed E-state index contributed by atoms with van der Waals surface area (Å²) in [5.74, 6) is 0.494. The largest absolute Gasteiger partial charge is 0.491 e. The Balaban J connectivity index is 1.64. The first-order valence-electron chi connectivity index (χ1n) is 9.84. The van der Waals surface area contributed by atoms with E-state index in [4.69, 9.17) is 19.5 Å². The van der Waals surface area contributed by atoms with E-state index in [9.17, 15) is 4.79 Å². The van der Waals surface area contributed by atoms with Crippen molar-refractivity contribution < 1.29 is 19.0 Å². The SMILES string of the molecule is CCC(C)(C)C(=O)OCCOCCOc1ccc(N=Nc2ccc(C#N)cc2)cc1. The molecule has 7 nitrogen and oxygen atoms in total. The van der Waals surface area contributed by atoms with E-state index in [0.717, 1.165) is 6.42 Å². The first kappa shape index (κ1) is 23.0. The molecule has 0 saturated carbocycles. The van der Waals surface area contributed by atoms with Crippen LogP contribution < -0.4 is 4.74 Å². The fourth-order valence-electron chi connectivity index (χ4n) is 2.18. The number of rotatable bonds is 11. The summed E-state index contributed by atoms with van der Waals surface area (Å²) < 4.78 is 16.2. The maximum atomic E-state index is 11.8. The van der Waals surface area contributed by atoms with Crippen LogP contribution in [0.1, 0.15) is 32.8 Å². The van der Waals surface area contributed by atoms with Crippen LogP contribution in [0.4, 0.5) is 11.4 Å². The molecule has 0 radical (unpaired) electrons. The van der Waals surface area contributed by atoms with E-state index >= 15 is 0 Å². The van der Waals surface area contributed by atoms with Crippen molar-refractivity contribution in [2.75, 3.05) is 26.4 Å². The normalized spacial score (nSPS) is 11.3. The summed E-state index contributed by atoms with van der Waals surface area (Å²) in [6, 6.07) is 16.2. The van der Waals surface area contributed by atoms with Gasteiger partial charge in [0.25, 0.3) is 0 Å². The van der Waals surface area contributed by atoms with Gasteiger partial charge in [-0.3, -0.25) is 4.79 Å². The van der Waals surface area contributed by atoms with Gasteiger partial charge in [0, 0.05) is 0 Å². The second-order valence-electron chi connectivity index (χ2n) is 7.19. The predicted octanol–water partition coefficient (Wildman–Crippen LogP) is 5.35. The van der Waals surface area contributed by atoms with E-state index in [2.05, 4.69) is 16.3 Å². The van der Waals surface area contributed by atoms with Crippen molar-refractivity contribution in [3.63, 3.8) is 0 Å². The molecule has 0 bridgehead atoms. The third-order valence-corrected chi connectivity index (χ3v) is 4.51. The molecule has 0 spiro atoms. The Bertz CT molecular complexity index is 869. The van der Waals surface area contributed by atoms with Gasteiger partial charge in [-0.1, -0.05) is 6.92 Å². The lowest BCUT2D eigenvalue weighted by atomic mass is 9.91. The number of nitriles is 1. The Morgan fingerprint density at radius 2 is 1.50 bits per heavy atom. The standard InChI is InChI=1S/C23H27N3O4/c1-4-23(2,3)22(27)30-16-14-28-13-15-29-21-11-9-20(10-12-21)26-25-19-7-5-18(17-24)6-8-19/h5-12H,4,13-16H2,1-3H3. The molecule has 0 N–H and O–H groups in total. The van der Waals surface area contributed by atoms with Gasteiger partial charge in [0.15, 0.2) is 0 Å². The quantitative estimate of drug-likeness (QED) is 0.283. The minimum absolute atomic E-state index is 0.207. The molecule has 0 aliphatic rings. The number of carbonyl (C=O) groups excluding carboxylic acids is 1. The van der Waals surface area contributed by atoms with Crippen LogP contribution in [0.2, 0.25) is 0 Å². The Hall–Kier alpha value is -3.24. The molecule has 0 unspecified atom stereocenters. The van der Waals surface area contributed by atoms with Gasteiger partial charge < -0.3 is 14.2 Å². The van der Waals surface area contributed by atoms with Crippen molar-refractivity contribution in [3.8, 4) is 11.8 Å². The first-order chi connectivity index (χ1) is 14.4. The van der Waals surface area contributed by atoms with Crippen LogP contribution in [0.15, 0.2) is 58.8 Å². The summed E-state index contributed by atoms with van der Waals surface area (Å²) in [6.07, 6.45) is 0.732. The first-order valence-corrected chi connectivity index (χ1v) is 9.84. The van der Waals surface area contributed by atoms with Gasteiger partial charge in [0.1, 0.15) is 19.0 Å². The Morgan fingerprint density at radius 1 is 0.933 bits per heavy atom. The lowest BCUT2D eigenvalue weighted by molar-refractivity contribution is -0.155. The number of azo groups is 1. The summed E-state index contributed by atoms with van der Waals surface area (Å²) in [6.45, 7) is 7.05. The van der Waals surface area contributed by atoms with Gasteiger partial charge in [-0.05, 0) is 68.8 Å². The van der Waals surface area contributed by atoms with Crippen LogP contribution in [0.25, 0.3) is 0 Å². The number of benzene rings is 2. The lowest BCUT2D eigenvalue weighted by Gasteiger charge is -2.20. The van der Waals surface area contributed by atoms with E-state index in [-0.39, 0.29) is 12.6 Å². The van der Waals surface area contributed by atoms with E-state index in [0.29, 0.717) is 42.5 Å². The molecule has 0 saturated heterocycles. The van der Waals surface area contributed by atoms with Crippen molar-refractivity contribution in [2.24, 2.45) is 15.6 Å². The summed E-state index contributed by atoms with van der Waals surface area (Å²) in [4.78, 5) is 11.8. The number of hydrogen-bond acceptors (Lipinski definition) is 7. The molecule has 7 heteroatoms. The van der Waals surface area contributed by atoms with Gasteiger partial charge in [0.05, 0.1) is 41.6 Å². The van der Waals surface area contributed by atoms with E-state index in [1.165, 1.54) is 0 Å². The third kappa shape index (κ3) is 7.64. The second kappa shape index (κ2) is 11.7. The minimum atomic E-state index is -0.461. The molecule has 158 valence electrons. The second-order valence-corrected chi connectivity index (χ2v) is 7.19. The van der Waals surface area contributed by atoms with Gasteiger partial charge in [-0.25, -0.2) is 0 Å². The van der Waals surface area contributed by atoms with Gasteiger partial charge in [-0.15, -0.1) is 0 Å². The Labute approximate surface area is 177 Å². The molecule has 2 rings (SSSR count).